The van der Waals surface area contributed by atoms with Crippen molar-refractivity contribution in [2.75, 3.05) is 19.6 Å². The van der Waals surface area contributed by atoms with Gasteiger partial charge in [0.15, 0.2) is 0 Å². The molecule has 0 aliphatic carbocycles. The lowest BCUT2D eigenvalue weighted by atomic mass is 10.1. The Hall–Kier alpha value is -3.64. The Balaban J connectivity index is 1.40. The highest BCUT2D eigenvalue weighted by Gasteiger charge is 2.34. The van der Waals surface area contributed by atoms with Crippen LogP contribution in [0.5, 0.6) is 0 Å². The van der Waals surface area contributed by atoms with Crippen LogP contribution in [0.3, 0.4) is 0 Å². The zero-order valence-corrected chi connectivity index (χ0v) is 17.6. The molecule has 2 aromatic rings. The SMILES string of the molecule is O=C(CCCN1C(=O)c2ccccc2C1=O)NCCNS(=O)(=O)c1cccc([N+](=O)[O-])c1. The molecule has 0 aromatic heterocycles. The first-order chi connectivity index (χ1) is 15.2. The zero-order valence-electron chi connectivity index (χ0n) is 16.8. The predicted octanol–water partition coefficient (Wildman–Crippen LogP) is 1.07. The molecule has 0 radical (unpaired) electrons. The first kappa shape index (κ1) is 23.0. The van der Waals surface area contributed by atoms with Crippen LogP contribution in [0.15, 0.2) is 53.4 Å². The number of carbonyl (C=O) groups excluding carboxylic acids is 3. The van der Waals surface area contributed by atoms with E-state index in [1.54, 1.807) is 24.3 Å². The van der Waals surface area contributed by atoms with Gasteiger partial charge in [-0.05, 0) is 24.6 Å². The van der Waals surface area contributed by atoms with Crippen LogP contribution in [0.25, 0.3) is 0 Å². The van der Waals surface area contributed by atoms with Crippen LogP contribution in [0, 0.1) is 10.1 Å². The first-order valence-corrected chi connectivity index (χ1v) is 11.1. The van der Waals surface area contributed by atoms with Crippen LogP contribution < -0.4 is 10.0 Å². The quantitative estimate of drug-likeness (QED) is 0.232. The number of fused-ring (bicyclic) bond motifs is 1. The standard InChI is InChI=1S/C20H20N4O7S/c25-18(9-4-12-23-19(26)16-7-1-2-8-17(16)20(23)27)21-10-11-22-32(30,31)15-6-3-5-14(13-15)24(28)29/h1-3,5-8,13,22H,4,9-12H2,(H,21,25). The molecule has 0 spiro atoms. The average molecular weight is 460 g/mol. The fourth-order valence-corrected chi connectivity index (χ4v) is 4.23. The monoisotopic (exact) mass is 460 g/mol. The predicted molar refractivity (Wildman–Crippen MR) is 112 cm³/mol. The van der Waals surface area contributed by atoms with Gasteiger partial charge in [0.1, 0.15) is 0 Å². The third-order valence-corrected chi connectivity index (χ3v) is 6.20. The molecular formula is C20H20N4O7S. The molecule has 0 fully saturated rings. The second kappa shape index (κ2) is 9.66. The summed E-state index contributed by atoms with van der Waals surface area (Å²) in [4.78, 5) is 47.4. The molecule has 0 saturated carbocycles. The number of rotatable bonds is 10. The number of hydrogen-bond acceptors (Lipinski definition) is 7. The number of nitro groups is 1. The van der Waals surface area contributed by atoms with E-state index in [9.17, 15) is 32.9 Å². The van der Waals surface area contributed by atoms with E-state index in [1.807, 2.05) is 0 Å². The van der Waals surface area contributed by atoms with E-state index in [2.05, 4.69) is 10.0 Å². The molecule has 3 amide bonds. The number of nitrogens with one attached hydrogen (secondary N) is 2. The molecule has 32 heavy (non-hydrogen) atoms. The third-order valence-electron chi connectivity index (χ3n) is 4.74. The highest BCUT2D eigenvalue weighted by atomic mass is 32.2. The minimum Gasteiger partial charge on any atom is -0.355 e. The van der Waals surface area contributed by atoms with Crippen LogP contribution >= 0.6 is 0 Å². The molecule has 12 heteroatoms. The van der Waals surface area contributed by atoms with Gasteiger partial charge in [0.25, 0.3) is 17.5 Å². The number of hydrogen-bond donors (Lipinski definition) is 2. The van der Waals surface area contributed by atoms with Crippen molar-refractivity contribution in [3.8, 4) is 0 Å². The van der Waals surface area contributed by atoms with Crippen molar-refractivity contribution in [1.82, 2.24) is 14.9 Å². The number of imide groups is 1. The maximum Gasteiger partial charge on any atom is 0.270 e. The summed E-state index contributed by atoms with van der Waals surface area (Å²) in [7, 11) is -3.97. The molecule has 3 rings (SSSR count). The number of nitro benzene ring substituents is 1. The summed E-state index contributed by atoms with van der Waals surface area (Å²) >= 11 is 0. The fraction of sp³-hybridized carbons (Fsp3) is 0.250. The molecule has 168 valence electrons. The molecular weight excluding hydrogens is 440 g/mol. The highest BCUT2D eigenvalue weighted by Crippen LogP contribution is 2.22. The zero-order chi connectivity index (χ0) is 23.3. The van der Waals surface area contributed by atoms with Gasteiger partial charge in [0.2, 0.25) is 15.9 Å². The van der Waals surface area contributed by atoms with Gasteiger partial charge in [-0.1, -0.05) is 18.2 Å². The summed E-state index contributed by atoms with van der Waals surface area (Å²) in [5.74, 6) is -1.14. The van der Waals surface area contributed by atoms with Crippen molar-refractivity contribution in [1.29, 1.82) is 0 Å². The number of benzene rings is 2. The van der Waals surface area contributed by atoms with Crippen molar-refractivity contribution in [2.24, 2.45) is 0 Å². The van der Waals surface area contributed by atoms with E-state index in [4.69, 9.17) is 0 Å². The van der Waals surface area contributed by atoms with Gasteiger partial charge in [-0.25, -0.2) is 13.1 Å². The summed E-state index contributed by atoms with van der Waals surface area (Å²) in [6.07, 6.45) is 0.307. The molecule has 0 saturated heterocycles. The normalized spacial score (nSPS) is 13.2. The minimum absolute atomic E-state index is 0.00000677. The molecule has 0 unspecified atom stereocenters. The van der Waals surface area contributed by atoms with Crippen LogP contribution in [0.4, 0.5) is 5.69 Å². The smallest absolute Gasteiger partial charge is 0.270 e. The molecule has 0 bridgehead atoms. The molecule has 11 nitrogen and oxygen atoms in total. The first-order valence-electron chi connectivity index (χ1n) is 9.67. The topological polar surface area (TPSA) is 156 Å². The molecule has 1 aliphatic heterocycles. The lowest BCUT2D eigenvalue weighted by molar-refractivity contribution is -0.385. The van der Waals surface area contributed by atoms with Crippen LogP contribution in [-0.4, -0.2) is 55.6 Å². The molecule has 0 atom stereocenters. The summed E-state index contributed by atoms with van der Waals surface area (Å²) in [5.41, 5.74) is 0.343. The number of carbonyl (C=O) groups is 3. The Morgan fingerprint density at radius 3 is 2.28 bits per heavy atom. The van der Waals surface area contributed by atoms with Crippen LogP contribution in [0.1, 0.15) is 33.6 Å². The second-order valence-corrected chi connectivity index (χ2v) is 8.68. The lowest BCUT2D eigenvalue weighted by Gasteiger charge is -2.13. The Morgan fingerprint density at radius 2 is 1.66 bits per heavy atom. The highest BCUT2D eigenvalue weighted by molar-refractivity contribution is 7.89. The Morgan fingerprint density at radius 1 is 1.00 bits per heavy atom. The summed E-state index contributed by atoms with van der Waals surface area (Å²) in [6, 6.07) is 11.1. The molecule has 1 aliphatic rings. The van der Waals surface area contributed by atoms with Gasteiger partial charge in [-0.2, -0.15) is 0 Å². The van der Waals surface area contributed by atoms with E-state index in [0.717, 1.165) is 11.0 Å². The largest absolute Gasteiger partial charge is 0.355 e. The summed E-state index contributed by atoms with van der Waals surface area (Å²) in [5, 5.41) is 13.3. The third kappa shape index (κ3) is 5.15. The van der Waals surface area contributed by atoms with Gasteiger partial charge in [-0.15, -0.1) is 0 Å². The average Bonchev–Trinajstić information content (AvgIpc) is 3.02. The van der Waals surface area contributed by atoms with Gasteiger partial charge in [0.05, 0.1) is 20.9 Å². The van der Waals surface area contributed by atoms with Crippen molar-refractivity contribution in [3.05, 3.63) is 69.8 Å². The van der Waals surface area contributed by atoms with Gasteiger partial charge < -0.3 is 5.32 Å². The van der Waals surface area contributed by atoms with Gasteiger partial charge in [-0.3, -0.25) is 29.4 Å². The van der Waals surface area contributed by atoms with E-state index in [0.29, 0.717) is 11.1 Å². The lowest BCUT2D eigenvalue weighted by Crippen LogP contribution is -2.35. The van der Waals surface area contributed by atoms with Crippen LogP contribution in [0.2, 0.25) is 0 Å². The van der Waals surface area contributed by atoms with Gasteiger partial charge in [0, 0.05) is 38.2 Å². The van der Waals surface area contributed by atoms with Crippen molar-refractivity contribution in [3.63, 3.8) is 0 Å². The van der Waals surface area contributed by atoms with Gasteiger partial charge >= 0.3 is 0 Å². The van der Waals surface area contributed by atoms with Crippen molar-refractivity contribution in [2.45, 2.75) is 17.7 Å². The minimum atomic E-state index is -3.97. The Labute approximate surface area is 183 Å². The van der Waals surface area contributed by atoms with Crippen LogP contribution in [-0.2, 0) is 14.8 Å². The molecule has 1 heterocycles. The maximum atomic E-state index is 12.3. The van der Waals surface area contributed by atoms with Crippen molar-refractivity contribution >= 4 is 33.4 Å². The Bertz CT molecular complexity index is 1140. The number of nitrogens with zero attached hydrogens (tertiary/aromatic N) is 2. The Kier molecular flexibility index (Phi) is 6.95. The van der Waals surface area contributed by atoms with E-state index in [1.165, 1.54) is 18.2 Å². The van der Waals surface area contributed by atoms with Crippen molar-refractivity contribution < 1.29 is 27.7 Å². The molecule has 2 aromatic carbocycles. The van der Waals surface area contributed by atoms with E-state index in [-0.39, 0.29) is 60.8 Å². The van der Waals surface area contributed by atoms with E-state index < -0.39 is 14.9 Å². The summed E-state index contributed by atoms with van der Waals surface area (Å²) in [6.45, 7) is -0.0195. The maximum absolute atomic E-state index is 12.3. The molecule has 2 N–H and O–H groups in total. The van der Waals surface area contributed by atoms with E-state index >= 15 is 0 Å². The summed E-state index contributed by atoms with van der Waals surface area (Å²) < 4.78 is 26.7. The number of non-ortho nitro benzene ring substituents is 1. The second-order valence-electron chi connectivity index (χ2n) is 6.91. The fourth-order valence-electron chi connectivity index (χ4n) is 3.16. The number of amides is 3. The number of sulfonamides is 1.